The van der Waals surface area contributed by atoms with Gasteiger partial charge in [0.1, 0.15) is 6.07 Å². The molecule has 1 aromatic rings. The summed E-state index contributed by atoms with van der Waals surface area (Å²) in [5.74, 6) is -1.59. The van der Waals surface area contributed by atoms with E-state index < -0.39 is 23.8 Å². The highest BCUT2D eigenvalue weighted by molar-refractivity contribution is 6.31. The predicted octanol–water partition coefficient (Wildman–Crippen LogP) is 2.80. The van der Waals surface area contributed by atoms with E-state index in [1.807, 2.05) is 6.07 Å². The largest absolute Gasteiger partial charge is 0.331 e. The average Bonchev–Trinajstić information content (AvgIpc) is 3.25. The normalized spacial score (nSPS) is 30.1. The van der Waals surface area contributed by atoms with Crippen LogP contribution in [0, 0.1) is 29.1 Å². The summed E-state index contributed by atoms with van der Waals surface area (Å²) in [4.78, 5) is 42.8. The Balaban J connectivity index is 1.60. The third-order valence-electron chi connectivity index (χ3n) is 5.71. The first-order chi connectivity index (χ1) is 13.0. The number of halogens is 1. The van der Waals surface area contributed by atoms with Gasteiger partial charge in [0.05, 0.1) is 11.3 Å². The second-order valence-electron chi connectivity index (χ2n) is 7.27. The van der Waals surface area contributed by atoms with Gasteiger partial charge in [-0.1, -0.05) is 18.0 Å². The van der Waals surface area contributed by atoms with Crippen molar-refractivity contribution in [1.82, 2.24) is 10.2 Å². The Kier molecular flexibility index (Phi) is 4.44. The Bertz CT molecular complexity index is 907. The monoisotopic (exact) mass is 384 g/mol. The standard InChI is InChI=1S/C19H17ClN4O3/c20-13-4-3-12(8-21)15(7-13)22-9-14-17(25)23-19(27)24(18(14)26)16-6-10-1-2-11(16)5-10/h3-4,7,9-11,14,16H,1-2,5-6H2,(H,23,25,27)/t10-,11-,14-,16+/m0/s1. The molecule has 3 fully saturated rings. The Labute approximate surface area is 161 Å². The third kappa shape index (κ3) is 3.10. The molecule has 1 aliphatic heterocycles. The number of nitrogens with zero attached hydrogens (tertiary/aromatic N) is 3. The summed E-state index contributed by atoms with van der Waals surface area (Å²) in [6.07, 6.45) is 5.17. The number of hydrogen-bond donors (Lipinski definition) is 1. The van der Waals surface area contributed by atoms with Crippen molar-refractivity contribution in [3.05, 3.63) is 28.8 Å². The first-order valence-electron chi connectivity index (χ1n) is 8.89. The SMILES string of the molecule is N#Cc1ccc(Cl)cc1N=C[C@H]1C(=O)NC(=O)N([C@@H]2C[C@H]3CC[C@H]2C3)C1=O. The van der Waals surface area contributed by atoms with Gasteiger partial charge in [-0.25, -0.2) is 4.79 Å². The van der Waals surface area contributed by atoms with E-state index in [1.165, 1.54) is 23.2 Å². The van der Waals surface area contributed by atoms with Crippen molar-refractivity contribution in [1.29, 1.82) is 5.26 Å². The fourth-order valence-electron chi connectivity index (χ4n) is 4.44. The van der Waals surface area contributed by atoms with Crippen LogP contribution in [0.5, 0.6) is 0 Å². The van der Waals surface area contributed by atoms with E-state index in [2.05, 4.69) is 10.3 Å². The molecule has 1 aromatic carbocycles. The number of carbonyl (C=O) groups excluding carboxylic acids is 3. The molecule has 8 heteroatoms. The summed E-state index contributed by atoms with van der Waals surface area (Å²) >= 11 is 5.93. The third-order valence-corrected chi connectivity index (χ3v) is 5.95. The van der Waals surface area contributed by atoms with E-state index >= 15 is 0 Å². The molecule has 0 unspecified atom stereocenters. The lowest BCUT2D eigenvalue weighted by atomic mass is 9.92. The minimum atomic E-state index is -1.20. The van der Waals surface area contributed by atoms with Crippen LogP contribution >= 0.6 is 11.6 Å². The highest BCUT2D eigenvalue weighted by atomic mass is 35.5. The molecule has 4 amide bonds. The van der Waals surface area contributed by atoms with E-state index in [-0.39, 0.29) is 17.3 Å². The van der Waals surface area contributed by atoms with Crippen LogP contribution in [0.15, 0.2) is 23.2 Å². The Morgan fingerprint density at radius 3 is 2.74 bits per heavy atom. The van der Waals surface area contributed by atoms with Crippen molar-refractivity contribution in [3.63, 3.8) is 0 Å². The summed E-state index contributed by atoms with van der Waals surface area (Å²) in [5, 5.41) is 11.8. The number of benzene rings is 1. The first kappa shape index (κ1) is 17.7. The van der Waals surface area contributed by atoms with Crippen LogP contribution < -0.4 is 5.32 Å². The zero-order valence-corrected chi connectivity index (χ0v) is 15.1. The van der Waals surface area contributed by atoms with Crippen LogP contribution in [0.2, 0.25) is 5.02 Å². The van der Waals surface area contributed by atoms with Crippen molar-refractivity contribution in [2.75, 3.05) is 0 Å². The van der Waals surface area contributed by atoms with Gasteiger partial charge in [0.15, 0.2) is 5.92 Å². The maximum Gasteiger partial charge on any atom is 0.331 e. The van der Waals surface area contributed by atoms with Gasteiger partial charge >= 0.3 is 6.03 Å². The zero-order chi connectivity index (χ0) is 19.1. The molecule has 4 rings (SSSR count). The minimum absolute atomic E-state index is 0.152. The van der Waals surface area contributed by atoms with Crippen LogP contribution in [-0.4, -0.2) is 35.0 Å². The number of barbiturate groups is 1. The Morgan fingerprint density at radius 2 is 2.07 bits per heavy atom. The van der Waals surface area contributed by atoms with Gasteiger partial charge in [0.2, 0.25) is 11.8 Å². The second kappa shape index (κ2) is 6.78. The number of urea groups is 1. The fraction of sp³-hybridized carbons (Fsp3) is 0.421. The molecule has 2 saturated carbocycles. The number of hydrogen-bond acceptors (Lipinski definition) is 5. The molecule has 0 aromatic heterocycles. The molecular weight excluding hydrogens is 368 g/mol. The molecule has 138 valence electrons. The number of amides is 4. The molecule has 7 nitrogen and oxygen atoms in total. The summed E-state index contributed by atoms with van der Waals surface area (Å²) in [5.41, 5.74) is 0.550. The fourth-order valence-corrected chi connectivity index (χ4v) is 4.61. The van der Waals surface area contributed by atoms with E-state index in [1.54, 1.807) is 6.07 Å². The van der Waals surface area contributed by atoms with Crippen LogP contribution in [0.25, 0.3) is 0 Å². The number of nitrogens with one attached hydrogen (secondary N) is 1. The van der Waals surface area contributed by atoms with Gasteiger partial charge in [-0.05, 0) is 49.3 Å². The average molecular weight is 385 g/mol. The molecule has 1 heterocycles. The smallest absolute Gasteiger partial charge is 0.277 e. The minimum Gasteiger partial charge on any atom is -0.277 e. The van der Waals surface area contributed by atoms with Gasteiger partial charge in [0, 0.05) is 17.3 Å². The topological polar surface area (TPSA) is 103 Å². The Hall–Kier alpha value is -2.72. The van der Waals surface area contributed by atoms with Crippen molar-refractivity contribution in [2.24, 2.45) is 22.7 Å². The van der Waals surface area contributed by atoms with Crippen molar-refractivity contribution < 1.29 is 14.4 Å². The van der Waals surface area contributed by atoms with Gasteiger partial charge in [0.25, 0.3) is 0 Å². The predicted molar refractivity (Wildman–Crippen MR) is 97.4 cm³/mol. The number of carbonyl (C=O) groups is 3. The highest BCUT2D eigenvalue weighted by Gasteiger charge is 2.50. The number of nitriles is 1. The molecule has 1 N–H and O–H groups in total. The van der Waals surface area contributed by atoms with Crippen molar-refractivity contribution in [3.8, 4) is 6.07 Å². The Morgan fingerprint density at radius 1 is 1.26 bits per heavy atom. The summed E-state index contributed by atoms with van der Waals surface area (Å²) < 4.78 is 0. The number of rotatable bonds is 3. The van der Waals surface area contributed by atoms with Crippen molar-refractivity contribution in [2.45, 2.75) is 31.7 Å². The van der Waals surface area contributed by atoms with Crippen LogP contribution in [0.3, 0.4) is 0 Å². The number of fused-ring (bicyclic) bond motifs is 2. The maximum absolute atomic E-state index is 12.9. The molecule has 1 saturated heterocycles. The first-order valence-corrected chi connectivity index (χ1v) is 9.27. The van der Waals surface area contributed by atoms with Crippen LogP contribution in [-0.2, 0) is 9.59 Å². The molecule has 27 heavy (non-hydrogen) atoms. The quantitative estimate of drug-likeness (QED) is 0.639. The summed E-state index contributed by atoms with van der Waals surface area (Å²) in [7, 11) is 0. The van der Waals surface area contributed by atoms with Crippen LogP contribution in [0.4, 0.5) is 10.5 Å². The highest BCUT2D eigenvalue weighted by Crippen LogP contribution is 2.47. The zero-order valence-electron chi connectivity index (χ0n) is 14.4. The van der Waals surface area contributed by atoms with Crippen LogP contribution in [0.1, 0.15) is 31.2 Å². The van der Waals surface area contributed by atoms with Gasteiger partial charge in [-0.3, -0.25) is 24.8 Å². The van der Waals surface area contributed by atoms with E-state index in [4.69, 9.17) is 16.9 Å². The van der Waals surface area contributed by atoms with Gasteiger partial charge in [-0.15, -0.1) is 0 Å². The van der Waals surface area contributed by atoms with E-state index in [0.29, 0.717) is 16.9 Å². The van der Waals surface area contributed by atoms with E-state index in [0.717, 1.165) is 25.7 Å². The number of aliphatic imine (C=N–C) groups is 1. The maximum atomic E-state index is 12.9. The molecule has 2 aliphatic carbocycles. The van der Waals surface area contributed by atoms with Crippen molar-refractivity contribution >= 4 is 41.3 Å². The van der Waals surface area contributed by atoms with Gasteiger partial charge in [-0.2, -0.15) is 5.26 Å². The lowest BCUT2D eigenvalue weighted by Crippen LogP contribution is -2.62. The lowest BCUT2D eigenvalue weighted by Gasteiger charge is -2.36. The summed E-state index contributed by atoms with van der Waals surface area (Å²) in [6.45, 7) is 0. The van der Waals surface area contributed by atoms with Gasteiger partial charge < -0.3 is 0 Å². The molecule has 2 bridgehead atoms. The molecule has 0 radical (unpaired) electrons. The van der Waals surface area contributed by atoms with E-state index in [9.17, 15) is 14.4 Å². The molecule has 4 atom stereocenters. The molecular formula is C19H17ClN4O3. The number of imide groups is 2. The second-order valence-corrected chi connectivity index (χ2v) is 7.71. The molecule has 3 aliphatic rings. The summed E-state index contributed by atoms with van der Waals surface area (Å²) in [6, 6.07) is 5.76. The molecule has 0 spiro atoms. The lowest BCUT2D eigenvalue weighted by molar-refractivity contribution is -0.141.